The zero-order valence-corrected chi connectivity index (χ0v) is 13.5. The summed E-state index contributed by atoms with van der Waals surface area (Å²) in [5.74, 6) is 0. The number of hydrogen-bond acceptors (Lipinski definition) is 5. The van der Waals surface area contributed by atoms with E-state index in [0.717, 1.165) is 16.6 Å². The summed E-state index contributed by atoms with van der Waals surface area (Å²) in [4.78, 5) is 0. The molecular weight excluding hydrogens is 279 g/mol. The van der Waals surface area contributed by atoms with Gasteiger partial charge in [-0.05, 0) is 50.4 Å². The van der Waals surface area contributed by atoms with E-state index in [0.29, 0.717) is 6.54 Å². The van der Waals surface area contributed by atoms with Crippen LogP contribution in [-0.2, 0) is 9.31 Å². The molecule has 1 aromatic carbocycles. The standard InChI is InChI=1S/C16H23BN2O3/c1-15(2)16(3,4)22-17(21-15)14(10-18)9-12-6-5-7-13(8-12)11-19-20/h5-9,11,20H,10,18H2,1-4H3. The number of hydrogen-bond donors (Lipinski definition) is 2. The maximum atomic E-state index is 8.62. The molecule has 0 amide bonds. The van der Waals surface area contributed by atoms with E-state index in [9.17, 15) is 0 Å². The molecule has 118 valence electrons. The lowest BCUT2D eigenvalue weighted by molar-refractivity contribution is 0.00578. The van der Waals surface area contributed by atoms with Gasteiger partial charge in [0.1, 0.15) is 0 Å². The van der Waals surface area contributed by atoms with Crippen molar-refractivity contribution in [1.29, 1.82) is 0 Å². The highest BCUT2D eigenvalue weighted by Gasteiger charge is 2.52. The average Bonchev–Trinajstić information content (AvgIpc) is 2.65. The normalized spacial score (nSPS) is 20.8. The van der Waals surface area contributed by atoms with E-state index < -0.39 is 18.3 Å². The van der Waals surface area contributed by atoms with Gasteiger partial charge >= 0.3 is 7.12 Å². The minimum absolute atomic E-state index is 0.342. The molecule has 6 heteroatoms. The second-order valence-electron chi connectivity index (χ2n) is 6.43. The Labute approximate surface area is 131 Å². The Hall–Kier alpha value is -1.63. The Balaban J connectivity index is 2.27. The van der Waals surface area contributed by atoms with Gasteiger partial charge in [-0.2, -0.15) is 0 Å². The first-order valence-corrected chi connectivity index (χ1v) is 7.33. The second-order valence-corrected chi connectivity index (χ2v) is 6.43. The van der Waals surface area contributed by atoms with E-state index in [1.54, 1.807) is 0 Å². The predicted octanol–water partition coefficient (Wildman–Crippen LogP) is 2.47. The summed E-state index contributed by atoms with van der Waals surface area (Å²) < 4.78 is 12.1. The summed E-state index contributed by atoms with van der Waals surface area (Å²) in [5.41, 5.74) is 7.73. The van der Waals surface area contributed by atoms with Crippen molar-refractivity contribution in [2.45, 2.75) is 38.9 Å². The molecule has 0 spiro atoms. The topological polar surface area (TPSA) is 77.1 Å². The van der Waals surface area contributed by atoms with Gasteiger partial charge in [-0.15, -0.1) is 0 Å². The van der Waals surface area contributed by atoms with Gasteiger partial charge < -0.3 is 20.2 Å². The van der Waals surface area contributed by atoms with Gasteiger partial charge in [0.15, 0.2) is 0 Å². The fourth-order valence-electron chi connectivity index (χ4n) is 2.23. The van der Waals surface area contributed by atoms with Crippen LogP contribution in [0.15, 0.2) is 34.9 Å². The quantitative estimate of drug-likeness (QED) is 0.388. The minimum atomic E-state index is -0.454. The van der Waals surface area contributed by atoms with Crippen molar-refractivity contribution in [1.82, 2.24) is 0 Å². The van der Waals surface area contributed by atoms with Crippen molar-refractivity contribution in [2.75, 3.05) is 6.54 Å². The first kappa shape index (κ1) is 16.7. The van der Waals surface area contributed by atoms with Crippen LogP contribution in [0.5, 0.6) is 0 Å². The van der Waals surface area contributed by atoms with E-state index in [4.69, 9.17) is 20.2 Å². The lowest BCUT2D eigenvalue weighted by Crippen LogP contribution is -2.41. The molecule has 1 heterocycles. The van der Waals surface area contributed by atoms with Gasteiger partial charge in [0.25, 0.3) is 0 Å². The van der Waals surface area contributed by atoms with Gasteiger partial charge in [0.2, 0.25) is 0 Å². The van der Waals surface area contributed by atoms with Crippen molar-refractivity contribution in [2.24, 2.45) is 10.9 Å². The van der Waals surface area contributed by atoms with E-state index in [-0.39, 0.29) is 0 Å². The van der Waals surface area contributed by atoms with E-state index in [1.807, 2.05) is 58.0 Å². The Bertz CT molecular complexity index is 581. The Morgan fingerprint density at radius 2 is 1.82 bits per heavy atom. The summed E-state index contributed by atoms with van der Waals surface area (Å²) in [5, 5.41) is 11.7. The van der Waals surface area contributed by atoms with Crippen LogP contribution in [-0.4, -0.2) is 36.3 Å². The number of rotatable bonds is 4. The molecule has 0 atom stereocenters. The van der Waals surface area contributed by atoms with Crippen LogP contribution in [0, 0.1) is 0 Å². The predicted molar refractivity (Wildman–Crippen MR) is 88.9 cm³/mol. The molecule has 1 aliphatic heterocycles. The maximum Gasteiger partial charge on any atom is 0.491 e. The SMILES string of the molecule is CC1(C)OB(C(=Cc2cccc(C=NO)c2)CN)OC1(C)C. The molecule has 0 unspecified atom stereocenters. The zero-order chi connectivity index (χ0) is 16.4. The molecule has 1 aliphatic rings. The van der Waals surface area contributed by atoms with Gasteiger partial charge in [-0.3, -0.25) is 0 Å². The van der Waals surface area contributed by atoms with Crippen LogP contribution < -0.4 is 5.73 Å². The van der Waals surface area contributed by atoms with Crippen molar-refractivity contribution < 1.29 is 14.5 Å². The largest absolute Gasteiger partial charge is 0.491 e. The van der Waals surface area contributed by atoms with Gasteiger partial charge in [0.05, 0.1) is 17.4 Å². The van der Waals surface area contributed by atoms with E-state index >= 15 is 0 Å². The summed E-state index contributed by atoms with van der Waals surface area (Å²) >= 11 is 0. The van der Waals surface area contributed by atoms with Crippen LogP contribution in [0.25, 0.3) is 6.08 Å². The highest BCUT2D eigenvalue weighted by Crippen LogP contribution is 2.38. The molecule has 5 nitrogen and oxygen atoms in total. The lowest BCUT2D eigenvalue weighted by atomic mass is 9.77. The van der Waals surface area contributed by atoms with Crippen LogP contribution in [0.4, 0.5) is 0 Å². The lowest BCUT2D eigenvalue weighted by Gasteiger charge is -2.32. The molecule has 2 rings (SSSR count). The molecule has 1 saturated heterocycles. The molecule has 0 saturated carbocycles. The van der Waals surface area contributed by atoms with Crippen molar-refractivity contribution in [3.63, 3.8) is 0 Å². The highest BCUT2D eigenvalue weighted by molar-refractivity contribution is 6.55. The Morgan fingerprint density at radius 1 is 1.23 bits per heavy atom. The first-order chi connectivity index (χ1) is 10.3. The fourth-order valence-corrected chi connectivity index (χ4v) is 2.23. The Morgan fingerprint density at radius 3 is 2.36 bits per heavy atom. The number of nitrogens with two attached hydrogens (primary N) is 1. The minimum Gasteiger partial charge on any atom is -0.411 e. The number of benzene rings is 1. The van der Waals surface area contributed by atoms with Gasteiger partial charge in [-0.25, -0.2) is 0 Å². The zero-order valence-electron chi connectivity index (χ0n) is 13.5. The first-order valence-electron chi connectivity index (χ1n) is 7.33. The van der Waals surface area contributed by atoms with Crippen LogP contribution in [0.2, 0.25) is 0 Å². The van der Waals surface area contributed by atoms with Gasteiger partial charge in [-0.1, -0.05) is 29.4 Å². The molecule has 1 aromatic rings. The molecule has 0 aromatic heterocycles. The third-order valence-electron chi connectivity index (χ3n) is 4.26. The molecule has 0 aliphatic carbocycles. The second kappa shape index (κ2) is 6.24. The van der Waals surface area contributed by atoms with E-state index in [1.165, 1.54) is 6.21 Å². The average molecular weight is 302 g/mol. The fraction of sp³-hybridized carbons (Fsp3) is 0.438. The third-order valence-corrected chi connectivity index (χ3v) is 4.26. The van der Waals surface area contributed by atoms with Crippen LogP contribution in [0.3, 0.4) is 0 Å². The number of oxime groups is 1. The third kappa shape index (κ3) is 3.40. The maximum absolute atomic E-state index is 8.62. The van der Waals surface area contributed by atoms with Crippen LogP contribution >= 0.6 is 0 Å². The molecule has 1 fully saturated rings. The monoisotopic (exact) mass is 302 g/mol. The molecule has 0 radical (unpaired) electrons. The van der Waals surface area contributed by atoms with Crippen molar-refractivity contribution >= 4 is 19.4 Å². The number of nitrogens with zero attached hydrogens (tertiary/aromatic N) is 1. The summed E-state index contributed by atoms with van der Waals surface area (Å²) in [6.07, 6.45) is 3.34. The van der Waals surface area contributed by atoms with Crippen LogP contribution in [0.1, 0.15) is 38.8 Å². The summed E-state index contributed by atoms with van der Waals surface area (Å²) in [7, 11) is -0.454. The smallest absolute Gasteiger partial charge is 0.411 e. The molecule has 0 bridgehead atoms. The van der Waals surface area contributed by atoms with Gasteiger partial charge in [0, 0.05) is 6.54 Å². The summed E-state index contributed by atoms with van der Waals surface area (Å²) in [6, 6.07) is 7.60. The summed E-state index contributed by atoms with van der Waals surface area (Å²) in [6.45, 7) is 8.40. The van der Waals surface area contributed by atoms with Crippen molar-refractivity contribution in [3.05, 3.63) is 40.9 Å². The molecule has 22 heavy (non-hydrogen) atoms. The van der Waals surface area contributed by atoms with Crippen molar-refractivity contribution in [3.8, 4) is 0 Å². The molecular formula is C16H23BN2O3. The van der Waals surface area contributed by atoms with E-state index in [2.05, 4.69) is 5.16 Å². The highest BCUT2D eigenvalue weighted by atomic mass is 16.7. The Kier molecular flexibility index (Phi) is 4.75. The molecule has 3 N–H and O–H groups in total.